The van der Waals surface area contributed by atoms with Gasteiger partial charge in [-0.3, -0.25) is 9.59 Å². The maximum absolute atomic E-state index is 13.2. The second kappa shape index (κ2) is 10.7. The summed E-state index contributed by atoms with van der Waals surface area (Å²) in [6.07, 6.45) is -1.08. The summed E-state index contributed by atoms with van der Waals surface area (Å²) in [5.74, 6) is -1.53. The lowest BCUT2D eigenvalue weighted by atomic mass is 10.0. The van der Waals surface area contributed by atoms with E-state index in [2.05, 4.69) is 5.32 Å². The molecular weight excluding hydrogens is 396 g/mol. The number of hydrogen-bond donors (Lipinski definition) is 1. The fourth-order valence-electron chi connectivity index (χ4n) is 3.34. The van der Waals surface area contributed by atoms with E-state index in [1.165, 1.54) is 0 Å². The molecule has 2 aromatic carbocycles. The maximum Gasteiger partial charge on any atom is 0.330 e. The van der Waals surface area contributed by atoms with Gasteiger partial charge in [0.1, 0.15) is 6.04 Å². The van der Waals surface area contributed by atoms with Gasteiger partial charge in [0.25, 0.3) is 11.8 Å². The number of ether oxygens (including phenoxy) is 2. The maximum atomic E-state index is 13.2. The number of benzene rings is 2. The molecular formula is C24H28N2O5. The highest BCUT2D eigenvalue weighted by molar-refractivity contribution is 5.97. The Morgan fingerprint density at radius 3 is 2.10 bits per heavy atom. The first-order valence-electron chi connectivity index (χ1n) is 10.4. The van der Waals surface area contributed by atoms with Gasteiger partial charge in [-0.15, -0.1) is 0 Å². The Morgan fingerprint density at radius 2 is 1.52 bits per heavy atom. The molecule has 1 heterocycles. The normalized spacial score (nSPS) is 15.8. The first-order valence-corrected chi connectivity index (χ1v) is 10.4. The SMILES string of the molecule is CC(C)[C@H](NC(=O)c1ccccc1)C(=O)OC(C(=O)N1CCOCC1)c1ccccc1. The topological polar surface area (TPSA) is 84.9 Å². The van der Waals surface area contributed by atoms with E-state index in [1.807, 2.05) is 26.0 Å². The Morgan fingerprint density at radius 1 is 0.935 bits per heavy atom. The van der Waals surface area contributed by atoms with Crippen LogP contribution in [0.15, 0.2) is 60.7 Å². The smallest absolute Gasteiger partial charge is 0.330 e. The minimum Gasteiger partial charge on any atom is -0.446 e. The molecule has 0 aliphatic carbocycles. The third-order valence-electron chi connectivity index (χ3n) is 5.13. The molecule has 3 rings (SSSR count). The molecule has 1 N–H and O–H groups in total. The van der Waals surface area contributed by atoms with E-state index in [0.29, 0.717) is 37.4 Å². The molecule has 164 valence electrons. The number of esters is 1. The van der Waals surface area contributed by atoms with Gasteiger partial charge < -0.3 is 19.7 Å². The third kappa shape index (κ3) is 5.92. The number of carbonyl (C=O) groups is 3. The van der Waals surface area contributed by atoms with E-state index in [4.69, 9.17) is 9.47 Å². The molecule has 0 spiro atoms. The van der Waals surface area contributed by atoms with Crippen LogP contribution >= 0.6 is 0 Å². The summed E-state index contributed by atoms with van der Waals surface area (Å²) in [7, 11) is 0. The molecule has 0 bridgehead atoms. The lowest BCUT2D eigenvalue weighted by Gasteiger charge is -2.31. The van der Waals surface area contributed by atoms with Crippen molar-refractivity contribution in [2.75, 3.05) is 26.3 Å². The van der Waals surface area contributed by atoms with Crippen molar-refractivity contribution in [2.24, 2.45) is 5.92 Å². The number of nitrogens with zero attached hydrogens (tertiary/aromatic N) is 1. The molecule has 1 fully saturated rings. The van der Waals surface area contributed by atoms with Crippen LogP contribution < -0.4 is 5.32 Å². The van der Waals surface area contributed by atoms with Crippen LogP contribution in [0.3, 0.4) is 0 Å². The summed E-state index contributed by atoms with van der Waals surface area (Å²) in [6.45, 7) is 5.42. The predicted octanol–water partition coefficient (Wildman–Crippen LogP) is 2.58. The van der Waals surface area contributed by atoms with Gasteiger partial charge in [0.2, 0.25) is 6.10 Å². The van der Waals surface area contributed by atoms with Gasteiger partial charge in [0, 0.05) is 24.2 Å². The molecule has 1 aliphatic rings. The third-order valence-corrected chi connectivity index (χ3v) is 5.13. The highest BCUT2D eigenvalue weighted by Gasteiger charge is 2.34. The van der Waals surface area contributed by atoms with Crippen LogP contribution in [0.25, 0.3) is 0 Å². The number of hydrogen-bond acceptors (Lipinski definition) is 5. The molecule has 31 heavy (non-hydrogen) atoms. The van der Waals surface area contributed by atoms with E-state index < -0.39 is 18.1 Å². The summed E-state index contributed by atoms with van der Waals surface area (Å²) >= 11 is 0. The first kappa shape index (κ1) is 22.5. The van der Waals surface area contributed by atoms with E-state index in [1.54, 1.807) is 53.4 Å². The largest absolute Gasteiger partial charge is 0.446 e. The molecule has 0 saturated carbocycles. The van der Waals surface area contributed by atoms with Crippen molar-refractivity contribution in [1.29, 1.82) is 0 Å². The fourth-order valence-corrected chi connectivity index (χ4v) is 3.34. The standard InChI is InChI=1S/C24H28N2O5/c1-17(2)20(25-22(27)19-11-7-4-8-12-19)24(29)31-21(18-9-5-3-6-10-18)23(28)26-13-15-30-16-14-26/h3-12,17,20-21H,13-16H2,1-2H3,(H,25,27)/t20-,21?/m0/s1. The van der Waals surface area contributed by atoms with Crippen molar-refractivity contribution in [3.05, 3.63) is 71.8 Å². The monoisotopic (exact) mass is 424 g/mol. The Hall–Kier alpha value is -3.19. The van der Waals surface area contributed by atoms with Crippen LogP contribution in [0.5, 0.6) is 0 Å². The number of nitrogens with one attached hydrogen (secondary N) is 1. The quantitative estimate of drug-likeness (QED) is 0.691. The van der Waals surface area contributed by atoms with Crippen molar-refractivity contribution < 1.29 is 23.9 Å². The van der Waals surface area contributed by atoms with Crippen LogP contribution in [-0.2, 0) is 19.1 Å². The minimum atomic E-state index is -1.08. The van der Waals surface area contributed by atoms with Crippen molar-refractivity contribution in [3.63, 3.8) is 0 Å². The zero-order valence-corrected chi connectivity index (χ0v) is 17.8. The molecule has 1 unspecified atom stereocenters. The van der Waals surface area contributed by atoms with Gasteiger partial charge in [-0.05, 0) is 18.1 Å². The lowest BCUT2D eigenvalue weighted by molar-refractivity contribution is -0.165. The van der Waals surface area contributed by atoms with E-state index in [-0.39, 0.29) is 17.7 Å². The number of morpholine rings is 1. The molecule has 1 aliphatic heterocycles. The van der Waals surface area contributed by atoms with Crippen LogP contribution in [0, 0.1) is 5.92 Å². The van der Waals surface area contributed by atoms with E-state index >= 15 is 0 Å². The molecule has 0 aromatic heterocycles. The van der Waals surface area contributed by atoms with Crippen molar-refractivity contribution in [2.45, 2.75) is 26.0 Å². The Balaban J connectivity index is 1.78. The molecule has 2 atom stereocenters. The first-order chi connectivity index (χ1) is 15.0. The Bertz CT molecular complexity index is 879. The van der Waals surface area contributed by atoms with E-state index in [0.717, 1.165) is 0 Å². The zero-order chi connectivity index (χ0) is 22.2. The Labute approximate surface area is 182 Å². The zero-order valence-electron chi connectivity index (χ0n) is 17.8. The molecule has 2 amide bonds. The Kier molecular flexibility index (Phi) is 7.78. The predicted molar refractivity (Wildman–Crippen MR) is 115 cm³/mol. The van der Waals surface area contributed by atoms with Crippen molar-refractivity contribution >= 4 is 17.8 Å². The summed E-state index contributed by atoms with van der Waals surface area (Å²) in [4.78, 5) is 40.5. The summed E-state index contributed by atoms with van der Waals surface area (Å²) in [5.41, 5.74) is 1.04. The lowest BCUT2D eigenvalue weighted by Crippen LogP contribution is -2.48. The van der Waals surface area contributed by atoms with Crippen molar-refractivity contribution in [3.8, 4) is 0 Å². The van der Waals surface area contributed by atoms with Crippen LogP contribution in [0.2, 0.25) is 0 Å². The summed E-state index contributed by atoms with van der Waals surface area (Å²) < 4.78 is 11.0. The molecule has 7 nitrogen and oxygen atoms in total. The van der Waals surface area contributed by atoms with Gasteiger partial charge >= 0.3 is 5.97 Å². The molecule has 0 radical (unpaired) electrons. The van der Waals surface area contributed by atoms with Gasteiger partial charge in [-0.1, -0.05) is 62.4 Å². The van der Waals surface area contributed by atoms with Gasteiger partial charge in [0.15, 0.2) is 0 Å². The average Bonchev–Trinajstić information content (AvgIpc) is 2.81. The fraction of sp³-hybridized carbons (Fsp3) is 0.375. The average molecular weight is 424 g/mol. The van der Waals surface area contributed by atoms with E-state index in [9.17, 15) is 14.4 Å². The molecule has 7 heteroatoms. The van der Waals surface area contributed by atoms with Crippen LogP contribution in [-0.4, -0.2) is 55.0 Å². The van der Waals surface area contributed by atoms with Crippen LogP contribution in [0.1, 0.15) is 35.9 Å². The summed E-state index contributed by atoms with van der Waals surface area (Å²) in [6, 6.07) is 16.7. The minimum absolute atomic E-state index is 0.227. The summed E-state index contributed by atoms with van der Waals surface area (Å²) in [5, 5.41) is 2.75. The van der Waals surface area contributed by atoms with Gasteiger partial charge in [-0.2, -0.15) is 0 Å². The number of rotatable bonds is 7. The van der Waals surface area contributed by atoms with Gasteiger partial charge in [-0.25, -0.2) is 4.79 Å². The van der Waals surface area contributed by atoms with Gasteiger partial charge in [0.05, 0.1) is 13.2 Å². The molecule has 1 saturated heterocycles. The highest BCUT2D eigenvalue weighted by atomic mass is 16.6. The number of amides is 2. The highest BCUT2D eigenvalue weighted by Crippen LogP contribution is 2.23. The second-order valence-corrected chi connectivity index (χ2v) is 7.73. The second-order valence-electron chi connectivity index (χ2n) is 7.73. The van der Waals surface area contributed by atoms with Crippen LogP contribution in [0.4, 0.5) is 0 Å². The number of carbonyl (C=O) groups excluding carboxylic acids is 3. The molecule has 2 aromatic rings. The van der Waals surface area contributed by atoms with Crippen molar-refractivity contribution in [1.82, 2.24) is 10.2 Å².